The van der Waals surface area contributed by atoms with Crippen molar-refractivity contribution in [2.75, 3.05) is 5.32 Å². The lowest BCUT2D eigenvalue weighted by Gasteiger charge is -2.04. The van der Waals surface area contributed by atoms with Crippen LogP contribution in [0.25, 0.3) is 0 Å². The molecule has 0 saturated heterocycles. The van der Waals surface area contributed by atoms with Gasteiger partial charge in [0.1, 0.15) is 11.6 Å². The van der Waals surface area contributed by atoms with E-state index in [0.717, 1.165) is 14.3 Å². The Balaban J connectivity index is 2.21. The molecule has 1 aromatic heterocycles. The normalized spacial score (nSPS) is 10.4. The van der Waals surface area contributed by atoms with Gasteiger partial charge in [-0.15, -0.1) is 11.3 Å². The zero-order valence-corrected chi connectivity index (χ0v) is 12.7. The number of benzene rings is 1. The molecule has 1 amide bonds. The van der Waals surface area contributed by atoms with Crippen LogP contribution in [-0.2, 0) is 0 Å². The van der Waals surface area contributed by atoms with Crippen molar-refractivity contribution in [2.24, 2.45) is 0 Å². The molecular formula is C11H6Br2FNO2S. The summed E-state index contributed by atoms with van der Waals surface area (Å²) < 4.78 is 15.0. The quantitative estimate of drug-likeness (QED) is 0.743. The van der Waals surface area contributed by atoms with E-state index in [0.29, 0.717) is 4.88 Å². The molecule has 0 saturated carbocycles. The Morgan fingerprint density at radius 3 is 2.61 bits per heavy atom. The Kier molecular flexibility index (Phi) is 4.04. The first-order valence-electron chi connectivity index (χ1n) is 4.72. The van der Waals surface area contributed by atoms with Crippen molar-refractivity contribution in [3.05, 3.63) is 43.2 Å². The van der Waals surface area contributed by atoms with Crippen LogP contribution in [0.3, 0.4) is 0 Å². The van der Waals surface area contributed by atoms with E-state index < -0.39 is 11.7 Å². The van der Waals surface area contributed by atoms with Gasteiger partial charge in [-0.2, -0.15) is 0 Å². The highest BCUT2D eigenvalue weighted by Gasteiger charge is 2.14. The van der Waals surface area contributed by atoms with E-state index in [2.05, 4.69) is 37.2 Å². The lowest BCUT2D eigenvalue weighted by molar-refractivity contribution is 0.103. The second-order valence-electron chi connectivity index (χ2n) is 3.35. The van der Waals surface area contributed by atoms with Crippen molar-refractivity contribution >= 4 is 54.8 Å². The Bertz CT molecular complexity index is 596. The molecule has 94 valence electrons. The number of halogens is 3. The van der Waals surface area contributed by atoms with E-state index >= 15 is 0 Å². The van der Waals surface area contributed by atoms with Gasteiger partial charge < -0.3 is 10.4 Å². The number of rotatable bonds is 2. The third-order valence-electron chi connectivity index (χ3n) is 2.07. The van der Waals surface area contributed by atoms with Crippen LogP contribution in [0.15, 0.2) is 32.5 Å². The predicted octanol–water partition coefficient (Wildman–Crippen LogP) is 4.37. The Morgan fingerprint density at radius 2 is 2.06 bits per heavy atom. The number of hydrogen-bond acceptors (Lipinski definition) is 3. The zero-order chi connectivity index (χ0) is 13.3. The van der Waals surface area contributed by atoms with Gasteiger partial charge in [0.25, 0.3) is 5.91 Å². The molecule has 0 bridgehead atoms. The summed E-state index contributed by atoms with van der Waals surface area (Å²) in [6, 6.07) is 5.19. The van der Waals surface area contributed by atoms with Crippen molar-refractivity contribution < 1.29 is 14.3 Å². The van der Waals surface area contributed by atoms with Crippen molar-refractivity contribution in [3.8, 4) is 5.75 Å². The molecule has 0 fully saturated rings. The van der Waals surface area contributed by atoms with Gasteiger partial charge >= 0.3 is 0 Å². The van der Waals surface area contributed by atoms with Gasteiger partial charge in [-0.1, -0.05) is 0 Å². The summed E-state index contributed by atoms with van der Waals surface area (Å²) in [4.78, 5) is 12.3. The van der Waals surface area contributed by atoms with Gasteiger partial charge in [0.15, 0.2) is 0 Å². The Hall–Kier alpha value is -0.920. The molecule has 1 aromatic carbocycles. The van der Waals surface area contributed by atoms with Crippen molar-refractivity contribution in [2.45, 2.75) is 0 Å². The van der Waals surface area contributed by atoms with Gasteiger partial charge in [-0.3, -0.25) is 4.79 Å². The second-order valence-corrected chi connectivity index (χ2v) is 6.58. The first kappa shape index (κ1) is 13.5. The minimum absolute atomic E-state index is 0.0263. The van der Waals surface area contributed by atoms with Crippen molar-refractivity contribution in [1.82, 2.24) is 0 Å². The van der Waals surface area contributed by atoms with E-state index in [1.54, 1.807) is 6.07 Å². The number of phenolic OH excluding ortho intramolecular Hbond substituents is 1. The van der Waals surface area contributed by atoms with E-state index in [-0.39, 0.29) is 11.4 Å². The number of thiophene rings is 1. The maximum atomic E-state index is 13.4. The largest absolute Gasteiger partial charge is 0.508 e. The van der Waals surface area contributed by atoms with Crippen molar-refractivity contribution in [1.29, 1.82) is 0 Å². The Labute approximate surface area is 123 Å². The molecule has 0 atom stereocenters. The van der Waals surface area contributed by atoms with Gasteiger partial charge in [0.05, 0.1) is 14.4 Å². The summed E-state index contributed by atoms with van der Waals surface area (Å²) in [5, 5.41) is 11.5. The number of carbonyl (C=O) groups is 1. The van der Waals surface area contributed by atoms with Crippen LogP contribution in [0.4, 0.5) is 10.1 Å². The number of phenols is 1. The van der Waals surface area contributed by atoms with Gasteiger partial charge in [0, 0.05) is 10.5 Å². The van der Waals surface area contributed by atoms with Crippen LogP contribution in [0.5, 0.6) is 5.75 Å². The van der Waals surface area contributed by atoms with Gasteiger partial charge in [-0.05, 0) is 50.1 Å². The summed E-state index contributed by atoms with van der Waals surface area (Å²) >= 11 is 7.79. The number of amides is 1. The van der Waals surface area contributed by atoms with E-state index in [9.17, 15) is 9.18 Å². The highest BCUT2D eigenvalue weighted by Crippen LogP contribution is 2.33. The van der Waals surface area contributed by atoms with E-state index in [1.165, 1.54) is 23.5 Å². The molecule has 18 heavy (non-hydrogen) atoms. The zero-order valence-electron chi connectivity index (χ0n) is 8.71. The van der Waals surface area contributed by atoms with Crippen LogP contribution in [0.2, 0.25) is 0 Å². The lowest BCUT2D eigenvalue weighted by atomic mass is 10.3. The fraction of sp³-hybridized carbons (Fsp3) is 0. The smallest absolute Gasteiger partial charge is 0.265 e. The van der Waals surface area contributed by atoms with E-state index in [1.807, 2.05) is 0 Å². The Morgan fingerprint density at radius 1 is 1.33 bits per heavy atom. The third kappa shape index (κ3) is 2.90. The molecule has 0 aliphatic rings. The average molecular weight is 395 g/mol. The number of carbonyl (C=O) groups excluding carboxylic acids is 1. The molecule has 2 rings (SSSR count). The number of anilines is 1. The first-order chi connectivity index (χ1) is 8.47. The molecule has 0 unspecified atom stereocenters. The summed E-state index contributed by atoms with van der Waals surface area (Å²) in [7, 11) is 0. The van der Waals surface area contributed by atoms with Gasteiger partial charge in [0.2, 0.25) is 0 Å². The van der Waals surface area contributed by atoms with Crippen LogP contribution in [-0.4, -0.2) is 11.0 Å². The summed E-state index contributed by atoms with van der Waals surface area (Å²) in [5.74, 6) is -1.28. The summed E-state index contributed by atoms with van der Waals surface area (Å²) in [5.41, 5.74) is 0.0263. The second kappa shape index (κ2) is 5.38. The number of hydrogen-bond donors (Lipinski definition) is 2. The molecule has 1 heterocycles. The fourth-order valence-corrected chi connectivity index (χ4v) is 3.18. The van der Waals surface area contributed by atoms with Crippen molar-refractivity contribution in [3.63, 3.8) is 0 Å². The maximum Gasteiger partial charge on any atom is 0.265 e. The standard InChI is InChI=1S/C11H6Br2FNO2S/c12-6-4-9(18-10(6)13)11(17)15-8-2-1-5(16)3-7(8)14/h1-4,16H,(H,15,17). The predicted molar refractivity (Wildman–Crippen MR) is 75.7 cm³/mol. The number of aromatic hydroxyl groups is 1. The lowest BCUT2D eigenvalue weighted by Crippen LogP contribution is -2.11. The first-order valence-corrected chi connectivity index (χ1v) is 7.12. The van der Waals surface area contributed by atoms with Gasteiger partial charge in [-0.25, -0.2) is 4.39 Å². The molecule has 7 heteroatoms. The number of nitrogens with one attached hydrogen (secondary N) is 1. The highest BCUT2D eigenvalue weighted by atomic mass is 79.9. The van der Waals surface area contributed by atoms with E-state index in [4.69, 9.17) is 5.11 Å². The highest BCUT2D eigenvalue weighted by molar-refractivity contribution is 9.13. The average Bonchev–Trinajstić information content (AvgIpc) is 2.63. The maximum absolute atomic E-state index is 13.4. The fourth-order valence-electron chi connectivity index (χ4n) is 1.25. The molecule has 2 aromatic rings. The molecule has 0 aliphatic heterocycles. The van der Waals surface area contributed by atoms with Crippen LogP contribution in [0.1, 0.15) is 9.67 Å². The van der Waals surface area contributed by atoms with Crippen LogP contribution < -0.4 is 5.32 Å². The van der Waals surface area contributed by atoms with Crippen LogP contribution >= 0.6 is 43.2 Å². The molecule has 0 radical (unpaired) electrons. The summed E-state index contributed by atoms with van der Waals surface area (Å²) in [6.07, 6.45) is 0. The van der Waals surface area contributed by atoms with Crippen LogP contribution in [0, 0.1) is 5.82 Å². The molecule has 2 N–H and O–H groups in total. The monoisotopic (exact) mass is 393 g/mol. The summed E-state index contributed by atoms with van der Waals surface area (Å²) in [6.45, 7) is 0. The molecular weight excluding hydrogens is 389 g/mol. The SMILES string of the molecule is O=C(Nc1ccc(O)cc1F)c1cc(Br)c(Br)s1. The minimum atomic E-state index is -0.682. The third-order valence-corrected chi connectivity index (χ3v) is 5.32. The topological polar surface area (TPSA) is 49.3 Å². The molecule has 0 spiro atoms. The molecule has 0 aliphatic carbocycles. The molecule has 3 nitrogen and oxygen atoms in total. The minimum Gasteiger partial charge on any atom is -0.508 e.